The lowest BCUT2D eigenvalue weighted by Gasteiger charge is -2.10. The Bertz CT molecular complexity index is 153. The van der Waals surface area contributed by atoms with Gasteiger partial charge < -0.3 is 0 Å². The van der Waals surface area contributed by atoms with Gasteiger partial charge in [-0.2, -0.15) is 0 Å². The summed E-state index contributed by atoms with van der Waals surface area (Å²) in [5.74, 6) is 0.821. The molecule has 0 saturated carbocycles. The fraction of sp³-hybridized carbons (Fsp3) is 0.667. The molecule has 0 spiro atoms. The number of hydrogen-bond acceptors (Lipinski definition) is 0. The largest absolute Gasteiger partial charge is 0.0882 e. The zero-order valence-electron chi connectivity index (χ0n) is 8.13. The van der Waals surface area contributed by atoms with Crippen LogP contribution in [-0.2, 0) is 0 Å². The van der Waals surface area contributed by atoms with Crippen molar-refractivity contribution in [3.05, 3.63) is 24.3 Å². The van der Waals surface area contributed by atoms with Gasteiger partial charge in [0.05, 0.1) is 0 Å². The van der Waals surface area contributed by atoms with Crippen LogP contribution in [0.4, 0.5) is 0 Å². The smallest absolute Gasteiger partial charge is 0.0199 e. The molecule has 1 rings (SSSR count). The summed E-state index contributed by atoms with van der Waals surface area (Å²) >= 11 is 0. The summed E-state index contributed by atoms with van der Waals surface area (Å²) in [6, 6.07) is 0. The maximum atomic E-state index is 2.42. The minimum absolute atomic E-state index is 0.821. The highest BCUT2D eigenvalue weighted by molar-refractivity contribution is 4.98. The fourth-order valence-corrected chi connectivity index (χ4v) is 1.63. The Morgan fingerprint density at radius 3 is 2.83 bits per heavy atom. The number of rotatable bonds is 3. The van der Waals surface area contributed by atoms with Crippen LogP contribution in [0.15, 0.2) is 24.3 Å². The van der Waals surface area contributed by atoms with Gasteiger partial charge >= 0.3 is 0 Å². The van der Waals surface area contributed by atoms with Gasteiger partial charge in [-0.3, -0.25) is 0 Å². The van der Waals surface area contributed by atoms with E-state index in [2.05, 4.69) is 31.2 Å². The Kier molecular flexibility index (Phi) is 4.82. The van der Waals surface area contributed by atoms with Crippen LogP contribution in [0.1, 0.15) is 45.4 Å². The van der Waals surface area contributed by atoms with Crippen molar-refractivity contribution in [2.75, 3.05) is 0 Å². The van der Waals surface area contributed by atoms with E-state index >= 15 is 0 Å². The van der Waals surface area contributed by atoms with Crippen LogP contribution in [-0.4, -0.2) is 0 Å². The monoisotopic (exact) mass is 164 g/mol. The molecule has 0 aliphatic heterocycles. The molecule has 68 valence electrons. The molecule has 0 heterocycles. The highest BCUT2D eigenvalue weighted by atomic mass is 14.1. The summed E-state index contributed by atoms with van der Waals surface area (Å²) in [6.45, 7) is 2.27. The van der Waals surface area contributed by atoms with E-state index in [4.69, 9.17) is 0 Å². The van der Waals surface area contributed by atoms with E-state index in [1.165, 1.54) is 38.5 Å². The van der Waals surface area contributed by atoms with Crippen LogP contribution in [0.2, 0.25) is 0 Å². The van der Waals surface area contributed by atoms with Crippen LogP contribution < -0.4 is 0 Å². The molecule has 0 fully saturated rings. The van der Waals surface area contributed by atoms with Crippen LogP contribution >= 0.6 is 0 Å². The predicted octanol–water partition coefficient (Wildman–Crippen LogP) is 4.09. The van der Waals surface area contributed by atoms with E-state index in [0.29, 0.717) is 0 Å². The molecule has 1 aliphatic rings. The molecule has 0 N–H and O–H groups in total. The summed E-state index contributed by atoms with van der Waals surface area (Å²) in [5.41, 5.74) is 0. The van der Waals surface area contributed by atoms with E-state index in [1.807, 2.05) is 0 Å². The summed E-state index contributed by atoms with van der Waals surface area (Å²) in [4.78, 5) is 0. The van der Waals surface area contributed by atoms with Gasteiger partial charge in [-0.15, -0.1) is 0 Å². The molecule has 0 aromatic rings. The molecule has 1 unspecified atom stereocenters. The van der Waals surface area contributed by atoms with Crippen molar-refractivity contribution in [3.63, 3.8) is 0 Å². The standard InChI is InChI=1S/C12H20/c1-2-3-9-12-10-7-5-4-6-8-11-12/h5,7-8,11-12H,2-4,6,9-10H2,1H3/b7-5-,11-8-. The molecular formula is C12H20. The molecule has 0 bridgehead atoms. The first kappa shape index (κ1) is 9.57. The molecular weight excluding hydrogens is 144 g/mol. The van der Waals surface area contributed by atoms with Gasteiger partial charge in [-0.1, -0.05) is 44.1 Å². The third-order valence-electron chi connectivity index (χ3n) is 2.44. The van der Waals surface area contributed by atoms with Crippen molar-refractivity contribution in [1.82, 2.24) is 0 Å². The van der Waals surface area contributed by atoms with Crippen molar-refractivity contribution in [3.8, 4) is 0 Å². The Labute approximate surface area is 76.4 Å². The number of allylic oxidation sites excluding steroid dienone is 4. The zero-order chi connectivity index (χ0) is 8.65. The Morgan fingerprint density at radius 2 is 2.00 bits per heavy atom. The zero-order valence-corrected chi connectivity index (χ0v) is 8.13. The topological polar surface area (TPSA) is 0 Å². The van der Waals surface area contributed by atoms with Crippen molar-refractivity contribution in [1.29, 1.82) is 0 Å². The minimum atomic E-state index is 0.821. The second-order valence-corrected chi connectivity index (χ2v) is 3.61. The van der Waals surface area contributed by atoms with E-state index in [9.17, 15) is 0 Å². The van der Waals surface area contributed by atoms with Crippen molar-refractivity contribution in [2.45, 2.75) is 45.4 Å². The minimum Gasteiger partial charge on any atom is -0.0882 e. The van der Waals surface area contributed by atoms with Gasteiger partial charge in [0.15, 0.2) is 0 Å². The van der Waals surface area contributed by atoms with E-state index in [1.54, 1.807) is 0 Å². The lowest BCUT2D eigenvalue weighted by atomic mass is 9.96. The van der Waals surface area contributed by atoms with Crippen molar-refractivity contribution in [2.24, 2.45) is 5.92 Å². The van der Waals surface area contributed by atoms with E-state index < -0.39 is 0 Å². The lowest BCUT2D eigenvalue weighted by Crippen LogP contribution is -1.95. The molecule has 0 aromatic carbocycles. The molecule has 1 aliphatic carbocycles. The van der Waals surface area contributed by atoms with Crippen molar-refractivity contribution >= 4 is 0 Å². The first-order valence-corrected chi connectivity index (χ1v) is 5.25. The second kappa shape index (κ2) is 6.05. The second-order valence-electron chi connectivity index (χ2n) is 3.61. The first-order valence-electron chi connectivity index (χ1n) is 5.25. The Balaban J connectivity index is 2.29. The molecule has 12 heavy (non-hydrogen) atoms. The molecule has 0 saturated heterocycles. The quantitative estimate of drug-likeness (QED) is 0.551. The highest BCUT2D eigenvalue weighted by Crippen LogP contribution is 2.17. The van der Waals surface area contributed by atoms with Crippen LogP contribution in [0.3, 0.4) is 0 Å². The van der Waals surface area contributed by atoms with Crippen molar-refractivity contribution < 1.29 is 0 Å². The van der Waals surface area contributed by atoms with Gasteiger partial charge in [0.2, 0.25) is 0 Å². The number of unbranched alkanes of at least 4 members (excludes halogenated alkanes) is 1. The first-order chi connectivity index (χ1) is 5.93. The van der Waals surface area contributed by atoms with Gasteiger partial charge in [0.25, 0.3) is 0 Å². The Morgan fingerprint density at radius 1 is 1.17 bits per heavy atom. The SMILES string of the molecule is CCCCC1/C=C\CC/C=C\C1. The lowest BCUT2D eigenvalue weighted by molar-refractivity contribution is 0.557. The molecule has 0 heteroatoms. The summed E-state index contributed by atoms with van der Waals surface area (Å²) in [7, 11) is 0. The average molecular weight is 164 g/mol. The van der Waals surface area contributed by atoms with Gasteiger partial charge in [0, 0.05) is 0 Å². The molecule has 0 amide bonds. The van der Waals surface area contributed by atoms with Gasteiger partial charge in [-0.05, 0) is 31.6 Å². The highest BCUT2D eigenvalue weighted by Gasteiger charge is 2.02. The summed E-state index contributed by atoms with van der Waals surface area (Å²) < 4.78 is 0. The Hall–Kier alpha value is -0.520. The predicted molar refractivity (Wildman–Crippen MR) is 55.1 cm³/mol. The van der Waals surface area contributed by atoms with E-state index in [-0.39, 0.29) is 0 Å². The number of hydrogen-bond donors (Lipinski definition) is 0. The molecule has 1 atom stereocenters. The maximum absolute atomic E-state index is 2.42. The fourth-order valence-electron chi connectivity index (χ4n) is 1.63. The van der Waals surface area contributed by atoms with Crippen LogP contribution in [0, 0.1) is 5.92 Å². The molecule has 0 nitrogen and oxygen atoms in total. The summed E-state index contributed by atoms with van der Waals surface area (Å²) in [6.07, 6.45) is 17.2. The third kappa shape index (κ3) is 3.75. The normalized spacial score (nSPS) is 28.9. The average Bonchev–Trinajstić information content (AvgIpc) is 2.02. The molecule has 0 aromatic heterocycles. The van der Waals surface area contributed by atoms with Gasteiger partial charge in [-0.25, -0.2) is 0 Å². The van der Waals surface area contributed by atoms with Gasteiger partial charge in [0.1, 0.15) is 0 Å². The summed E-state index contributed by atoms with van der Waals surface area (Å²) in [5, 5.41) is 0. The molecule has 0 radical (unpaired) electrons. The maximum Gasteiger partial charge on any atom is -0.0199 e. The van der Waals surface area contributed by atoms with Crippen LogP contribution in [0.25, 0.3) is 0 Å². The van der Waals surface area contributed by atoms with Crippen LogP contribution in [0.5, 0.6) is 0 Å². The van der Waals surface area contributed by atoms with E-state index in [0.717, 1.165) is 5.92 Å². The third-order valence-corrected chi connectivity index (χ3v) is 2.44.